The van der Waals surface area contributed by atoms with Crippen LogP contribution in [0.5, 0.6) is 0 Å². The summed E-state index contributed by atoms with van der Waals surface area (Å²) in [5.74, 6) is -4.89. The van der Waals surface area contributed by atoms with Crippen LogP contribution in [0.2, 0.25) is 0 Å². The first-order chi connectivity index (χ1) is 24.5. The lowest BCUT2D eigenvalue weighted by atomic mass is 10.0. The van der Waals surface area contributed by atoms with E-state index in [2.05, 4.69) is 50.6 Å². The number of amides is 1. The van der Waals surface area contributed by atoms with Crippen molar-refractivity contribution in [2.24, 2.45) is 0 Å². The van der Waals surface area contributed by atoms with Crippen LogP contribution in [0.4, 0.5) is 26.3 Å². The zero-order valence-electron chi connectivity index (χ0n) is 27.7. The number of carbonyl (C=O) groups is 4. The first-order valence-electron chi connectivity index (χ1n) is 15.9. The zero-order valence-corrected chi connectivity index (χ0v) is 27.7. The van der Waals surface area contributed by atoms with E-state index >= 15 is 0 Å². The molecule has 278 valence electrons. The summed E-state index contributed by atoms with van der Waals surface area (Å²) in [6, 6.07) is 22.5. The van der Waals surface area contributed by atoms with Crippen molar-refractivity contribution in [3.63, 3.8) is 0 Å². The molecule has 1 amide bonds. The number of para-hydroxylation sites is 2. The quantitative estimate of drug-likeness (QED) is 0.0998. The van der Waals surface area contributed by atoms with E-state index in [1.165, 1.54) is 10.8 Å². The number of carboxylic acids is 2. The largest absolute Gasteiger partial charge is 0.542 e. The Morgan fingerprint density at radius 3 is 2.10 bits per heavy atom. The first-order valence-corrected chi connectivity index (χ1v) is 15.9. The minimum absolute atomic E-state index is 0.0545. The van der Waals surface area contributed by atoms with Crippen LogP contribution in [-0.2, 0) is 25.7 Å². The van der Waals surface area contributed by atoms with Crippen molar-refractivity contribution in [3.05, 3.63) is 85.1 Å². The number of halogens is 6. The topological polar surface area (TPSA) is 176 Å². The van der Waals surface area contributed by atoms with E-state index in [4.69, 9.17) is 19.8 Å². The highest BCUT2D eigenvalue weighted by atomic mass is 19.4. The van der Waals surface area contributed by atoms with Crippen LogP contribution in [0, 0.1) is 0 Å². The van der Waals surface area contributed by atoms with E-state index in [0.717, 1.165) is 53.8 Å². The predicted octanol–water partition coefficient (Wildman–Crippen LogP) is 3.80. The van der Waals surface area contributed by atoms with Crippen LogP contribution >= 0.6 is 0 Å². The van der Waals surface area contributed by atoms with Gasteiger partial charge >= 0.3 is 12.4 Å². The molecule has 3 aromatic carbocycles. The Morgan fingerprint density at radius 1 is 0.846 bits per heavy atom. The van der Waals surface area contributed by atoms with E-state index in [0.29, 0.717) is 18.6 Å². The lowest BCUT2D eigenvalue weighted by Crippen LogP contribution is -2.43. The fourth-order valence-electron chi connectivity index (χ4n) is 4.97. The number of imidazole rings is 2. The number of H-pyrrole nitrogens is 3. The van der Waals surface area contributed by atoms with Gasteiger partial charge in [-0.2, -0.15) is 26.3 Å². The number of rotatable bonds is 12. The summed E-state index contributed by atoms with van der Waals surface area (Å²) in [4.78, 5) is 52.5. The normalized spacial score (nSPS) is 11.9. The van der Waals surface area contributed by atoms with Crippen LogP contribution in [0.15, 0.2) is 79.3 Å². The minimum atomic E-state index is -5.19. The second kappa shape index (κ2) is 18.5. The summed E-state index contributed by atoms with van der Waals surface area (Å²) < 4.78 is 65.0. The first kappa shape index (κ1) is 40.7. The second-order valence-corrected chi connectivity index (χ2v) is 11.4. The summed E-state index contributed by atoms with van der Waals surface area (Å²) in [6.45, 7) is 2.14. The third-order valence-electron chi connectivity index (χ3n) is 7.59. The molecule has 2 heterocycles. The molecule has 52 heavy (non-hydrogen) atoms. The van der Waals surface area contributed by atoms with Gasteiger partial charge in [0.1, 0.15) is 30.0 Å². The van der Waals surface area contributed by atoms with Crippen molar-refractivity contribution in [2.45, 2.75) is 70.4 Å². The molecular formula is C35H35F6N5O6. The van der Waals surface area contributed by atoms with E-state index in [1.807, 2.05) is 60.4 Å². The Hall–Kier alpha value is -5.74. The number of unbranched alkanes of at least 4 members (excludes halogenated alkanes) is 2. The highest BCUT2D eigenvalue weighted by Crippen LogP contribution is 2.25. The Bertz CT molecular complexity index is 1950. The van der Waals surface area contributed by atoms with Crippen LogP contribution in [0.1, 0.15) is 57.3 Å². The third-order valence-corrected chi connectivity index (χ3v) is 7.59. The van der Waals surface area contributed by atoms with Crippen LogP contribution < -0.4 is 25.1 Å². The number of aliphatic carboxylic acids is 2. The van der Waals surface area contributed by atoms with Crippen LogP contribution in [0.3, 0.4) is 0 Å². The number of hydrogen-bond acceptors (Lipinski definition) is 6. The molecule has 0 radical (unpaired) electrons. The molecule has 4 N–H and O–H groups in total. The van der Waals surface area contributed by atoms with Gasteiger partial charge in [0.2, 0.25) is 6.33 Å². The van der Waals surface area contributed by atoms with Crippen molar-refractivity contribution in [3.8, 4) is 11.3 Å². The number of hydrogen-bond donors (Lipinski definition) is 3. The van der Waals surface area contributed by atoms with Gasteiger partial charge in [0.25, 0.3) is 11.7 Å². The van der Waals surface area contributed by atoms with Crippen LogP contribution in [-0.4, -0.2) is 45.9 Å². The number of carboxylic acid groups (broad SMARTS) is 2. The van der Waals surface area contributed by atoms with Gasteiger partial charge in [0.15, 0.2) is 23.3 Å². The number of fused-ring (bicyclic) bond motifs is 2. The maximum Gasteiger partial charge on any atom is 0.430 e. The van der Waals surface area contributed by atoms with Gasteiger partial charge < -0.3 is 25.1 Å². The van der Waals surface area contributed by atoms with Gasteiger partial charge in [-0.15, -0.1) is 0 Å². The maximum absolute atomic E-state index is 13.2. The number of aromatic nitrogens is 4. The molecule has 0 saturated heterocycles. The highest BCUT2D eigenvalue weighted by Gasteiger charge is 2.29. The molecule has 17 heteroatoms. The lowest BCUT2D eigenvalue weighted by molar-refractivity contribution is -0.658. The number of ketones is 1. The van der Waals surface area contributed by atoms with Crippen molar-refractivity contribution < 1.29 is 65.3 Å². The molecule has 0 fully saturated rings. The molecular weight excluding hydrogens is 700 g/mol. The van der Waals surface area contributed by atoms with E-state index < -0.39 is 24.3 Å². The molecule has 0 aliphatic heterocycles. The second-order valence-electron chi connectivity index (χ2n) is 11.4. The van der Waals surface area contributed by atoms with E-state index in [9.17, 15) is 35.9 Å². The molecule has 5 aromatic rings. The Labute approximate surface area is 292 Å². The number of carbonyl (C=O) groups excluding carboxylic acids is 4. The van der Waals surface area contributed by atoms with Gasteiger partial charge in [0.05, 0.1) is 0 Å². The fraction of sp³-hybridized carbons (Fsp3) is 0.314. The molecule has 0 aliphatic rings. The van der Waals surface area contributed by atoms with Gasteiger partial charge in [-0.25, -0.2) is 19.5 Å². The van der Waals surface area contributed by atoms with Crippen molar-refractivity contribution in [2.75, 3.05) is 0 Å². The molecule has 1 atom stereocenters. The van der Waals surface area contributed by atoms with E-state index in [-0.39, 0.29) is 18.5 Å². The van der Waals surface area contributed by atoms with Crippen molar-refractivity contribution >= 4 is 45.4 Å². The lowest BCUT2D eigenvalue weighted by Gasteiger charge is -2.13. The number of nitrogens with one attached hydrogen (secondary N) is 4. The molecule has 0 saturated carbocycles. The highest BCUT2D eigenvalue weighted by molar-refractivity contribution is 5.86. The average molecular weight is 736 g/mol. The molecule has 11 nitrogen and oxygen atoms in total. The number of nitrogens with zero attached hydrogens (tertiary/aromatic N) is 1. The fourth-order valence-corrected chi connectivity index (χ4v) is 4.97. The smallest absolute Gasteiger partial charge is 0.430 e. The summed E-state index contributed by atoms with van der Waals surface area (Å²) in [5, 5.41) is 23.2. The monoisotopic (exact) mass is 735 g/mol. The number of Topliss-reactive ketones (excluding diaryl/α,β-unsaturated/α-hetero) is 1. The molecule has 2 aromatic heterocycles. The molecule has 0 bridgehead atoms. The molecule has 0 unspecified atom stereocenters. The predicted molar refractivity (Wildman–Crippen MR) is 170 cm³/mol. The number of benzene rings is 3. The van der Waals surface area contributed by atoms with E-state index in [1.54, 1.807) is 0 Å². The van der Waals surface area contributed by atoms with Crippen molar-refractivity contribution in [1.29, 1.82) is 0 Å². The third kappa shape index (κ3) is 12.5. The Morgan fingerprint density at radius 2 is 1.46 bits per heavy atom. The molecule has 0 aliphatic carbocycles. The minimum Gasteiger partial charge on any atom is -0.542 e. The number of aromatic amines is 3. The zero-order chi connectivity index (χ0) is 38.5. The summed E-state index contributed by atoms with van der Waals surface area (Å²) in [6.07, 6.45) is -1.83. The van der Waals surface area contributed by atoms with Crippen molar-refractivity contribution in [1.82, 2.24) is 15.3 Å². The summed E-state index contributed by atoms with van der Waals surface area (Å²) in [7, 11) is 0. The van der Waals surface area contributed by atoms with Gasteiger partial charge in [-0.05, 0) is 47.9 Å². The maximum atomic E-state index is 13.2. The van der Waals surface area contributed by atoms with Gasteiger partial charge in [0, 0.05) is 18.4 Å². The SMILES string of the molecule is CCC(=O)CCCCC[C@H](NC(=O)C[n+]1c[nH]c2ccccc21)c1[nH]c(-c2ccc3ccccc3c2)c[nH+]1.O=C([O-])C(F)(F)F.O=C([O-])C(F)(F)F. The average Bonchev–Trinajstić information content (AvgIpc) is 3.75. The summed E-state index contributed by atoms with van der Waals surface area (Å²) >= 11 is 0. The van der Waals surface area contributed by atoms with Crippen LogP contribution in [0.25, 0.3) is 33.1 Å². The Kier molecular flexibility index (Phi) is 14.5. The number of alkyl halides is 6. The Balaban J connectivity index is 0.000000441. The molecule has 5 rings (SSSR count). The standard InChI is InChI=1S/C31H33N5O2.2C2HF3O2/c1-2-25(37)12-4-3-5-14-27(34-30(38)20-36-21-33-26-13-8-9-15-29(26)36)31-32-19-28(35-31)24-17-16-22-10-6-7-11-23(22)18-24;2*3-2(4,5)1(6)7/h6-11,13,15-19,21,27H,2-5,12,14,20H2,1H3,(H2,32,34,35,38);2*(H,6,7)/t27-;;/m0../s1. The molecule has 0 spiro atoms. The van der Waals surface area contributed by atoms with Gasteiger partial charge in [-0.1, -0.05) is 62.2 Å². The van der Waals surface area contributed by atoms with Gasteiger partial charge in [-0.3, -0.25) is 9.59 Å². The summed E-state index contributed by atoms with van der Waals surface area (Å²) in [5.41, 5.74) is 4.05.